The number of nitrogens with zero attached hydrogens (tertiary/aromatic N) is 2. The fourth-order valence-corrected chi connectivity index (χ4v) is 1.75. The maximum Gasteiger partial charge on any atom is 0.276 e. The number of halogens is 1. The lowest BCUT2D eigenvalue weighted by Crippen LogP contribution is -2.01. The first kappa shape index (κ1) is 14.0. The van der Waals surface area contributed by atoms with Crippen LogP contribution >= 0.6 is 11.6 Å². The summed E-state index contributed by atoms with van der Waals surface area (Å²) in [7, 11) is 0. The minimum atomic E-state index is -0.497. The number of ether oxygens (including phenoxy) is 1. The Hall–Kier alpha value is -2.47. The molecule has 2 rings (SSSR count). The molecule has 7 heteroatoms. The van der Waals surface area contributed by atoms with Crippen LogP contribution < -0.4 is 4.74 Å². The SMILES string of the molecule is O=Cc1ccc(OCc2cc(Cl)ccc2[N+](=O)[O-])cn1. The van der Waals surface area contributed by atoms with Gasteiger partial charge in [-0.25, -0.2) is 4.98 Å². The van der Waals surface area contributed by atoms with E-state index < -0.39 is 4.92 Å². The van der Waals surface area contributed by atoms with E-state index in [9.17, 15) is 14.9 Å². The van der Waals surface area contributed by atoms with Crippen LogP contribution in [0, 0.1) is 10.1 Å². The lowest BCUT2D eigenvalue weighted by atomic mass is 10.2. The van der Waals surface area contributed by atoms with Crippen LogP contribution in [-0.4, -0.2) is 16.2 Å². The maximum absolute atomic E-state index is 10.9. The average Bonchev–Trinajstić information content (AvgIpc) is 2.45. The summed E-state index contributed by atoms with van der Waals surface area (Å²) >= 11 is 5.81. The summed E-state index contributed by atoms with van der Waals surface area (Å²) in [6.45, 7) is -0.0149. The van der Waals surface area contributed by atoms with E-state index in [2.05, 4.69) is 4.98 Å². The highest BCUT2D eigenvalue weighted by molar-refractivity contribution is 6.30. The molecule has 102 valence electrons. The number of pyridine rings is 1. The minimum Gasteiger partial charge on any atom is -0.487 e. The number of nitro benzene ring substituents is 1. The molecule has 2 aromatic rings. The van der Waals surface area contributed by atoms with Crippen molar-refractivity contribution in [3.05, 3.63) is 62.9 Å². The van der Waals surface area contributed by atoms with E-state index in [1.807, 2.05) is 0 Å². The molecular weight excluding hydrogens is 284 g/mol. The monoisotopic (exact) mass is 292 g/mol. The van der Waals surface area contributed by atoms with Crippen LogP contribution in [0.4, 0.5) is 5.69 Å². The van der Waals surface area contributed by atoms with Crippen molar-refractivity contribution in [2.24, 2.45) is 0 Å². The number of carbonyl (C=O) groups is 1. The summed E-state index contributed by atoms with van der Waals surface area (Å²) in [5.74, 6) is 0.407. The highest BCUT2D eigenvalue weighted by atomic mass is 35.5. The average molecular weight is 293 g/mol. The van der Waals surface area contributed by atoms with Gasteiger partial charge >= 0.3 is 0 Å². The molecule has 0 aliphatic rings. The third kappa shape index (κ3) is 3.30. The predicted molar refractivity (Wildman–Crippen MR) is 72.1 cm³/mol. The third-order valence-electron chi connectivity index (χ3n) is 2.51. The summed E-state index contributed by atoms with van der Waals surface area (Å²) in [4.78, 5) is 24.7. The Balaban J connectivity index is 2.15. The molecule has 0 radical (unpaired) electrons. The summed E-state index contributed by atoms with van der Waals surface area (Å²) in [5, 5.41) is 11.3. The quantitative estimate of drug-likeness (QED) is 0.480. The molecule has 0 aliphatic carbocycles. The Morgan fingerprint density at radius 1 is 1.35 bits per heavy atom. The number of rotatable bonds is 5. The zero-order valence-corrected chi connectivity index (χ0v) is 10.9. The molecule has 1 aromatic heterocycles. The van der Waals surface area contributed by atoms with Crippen molar-refractivity contribution in [2.75, 3.05) is 0 Å². The van der Waals surface area contributed by atoms with Crippen molar-refractivity contribution in [3.8, 4) is 5.75 Å². The summed E-state index contributed by atoms with van der Waals surface area (Å²) < 4.78 is 5.40. The molecule has 0 N–H and O–H groups in total. The first-order valence-corrected chi connectivity index (χ1v) is 5.95. The molecule has 20 heavy (non-hydrogen) atoms. The first-order chi connectivity index (χ1) is 9.60. The van der Waals surface area contributed by atoms with Gasteiger partial charge in [-0.3, -0.25) is 14.9 Å². The van der Waals surface area contributed by atoms with Crippen molar-refractivity contribution in [1.29, 1.82) is 0 Å². The number of hydrogen-bond donors (Lipinski definition) is 0. The molecular formula is C13H9ClN2O4. The highest BCUT2D eigenvalue weighted by Gasteiger charge is 2.14. The van der Waals surface area contributed by atoms with Gasteiger partial charge in [0.15, 0.2) is 6.29 Å². The molecule has 1 aromatic carbocycles. The van der Waals surface area contributed by atoms with Crippen LogP contribution in [0.5, 0.6) is 5.75 Å². The summed E-state index contributed by atoms with van der Waals surface area (Å²) in [5.41, 5.74) is 0.583. The fraction of sp³-hybridized carbons (Fsp3) is 0.0769. The Morgan fingerprint density at radius 2 is 2.15 bits per heavy atom. The molecule has 0 saturated heterocycles. The van der Waals surface area contributed by atoms with E-state index in [0.717, 1.165) is 0 Å². The number of benzene rings is 1. The second-order valence-corrected chi connectivity index (χ2v) is 4.29. The fourth-order valence-electron chi connectivity index (χ4n) is 1.56. The van der Waals surface area contributed by atoms with Gasteiger partial charge < -0.3 is 4.74 Å². The van der Waals surface area contributed by atoms with Crippen molar-refractivity contribution in [2.45, 2.75) is 6.61 Å². The van der Waals surface area contributed by atoms with E-state index in [1.54, 1.807) is 6.07 Å². The lowest BCUT2D eigenvalue weighted by Gasteiger charge is -2.07. The van der Waals surface area contributed by atoms with Crippen molar-refractivity contribution in [3.63, 3.8) is 0 Å². The molecule has 0 spiro atoms. The second kappa shape index (κ2) is 6.12. The number of aldehydes is 1. The maximum atomic E-state index is 10.9. The minimum absolute atomic E-state index is 0.0149. The smallest absolute Gasteiger partial charge is 0.276 e. The van der Waals surface area contributed by atoms with Crippen LogP contribution in [0.15, 0.2) is 36.5 Å². The van der Waals surface area contributed by atoms with Crippen molar-refractivity contribution >= 4 is 23.6 Å². The number of nitro groups is 1. The molecule has 0 aliphatic heterocycles. The van der Waals surface area contributed by atoms with E-state index in [1.165, 1.54) is 30.5 Å². The molecule has 0 atom stereocenters. The van der Waals surface area contributed by atoms with E-state index in [4.69, 9.17) is 16.3 Å². The number of hydrogen-bond acceptors (Lipinski definition) is 5. The molecule has 0 saturated carbocycles. The van der Waals surface area contributed by atoms with Crippen LogP contribution in [0.25, 0.3) is 0 Å². The van der Waals surface area contributed by atoms with E-state index in [0.29, 0.717) is 22.6 Å². The highest BCUT2D eigenvalue weighted by Crippen LogP contribution is 2.24. The zero-order valence-electron chi connectivity index (χ0n) is 10.2. The molecule has 0 bridgehead atoms. The van der Waals surface area contributed by atoms with Crippen molar-refractivity contribution in [1.82, 2.24) is 4.98 Å². The number of carbonyl (C=O) groups excluding carboxylic acids is 1. The standard InChI is InChI=1S/C13H9ClN2O4/c14-10-1-4-13(16(18)19)9(5-10)8-20-12-3-2-11(7-17)15-6-12/h1-7H,8H2. The van der Waals surface area contributed by atoms with Gasteiger partial charge in [-0.2, -0.15) is 0 Å². The Bertz CT molecular complexity index is 643. The summed E-state index contributed by atoms with van der Waals surface area (Å²) in [6.07, 6.45) is 1.99. The van der Waals surface area contributed by atoms with Crippen LogP contribution in [0.1, 0.15) is 16.1 Å². The molecule has 6 nitrogen and oxygen atoms in total. The Morgan fingerprint density at radius 3 is 2.75 bits per heavy atom. The van der Waals surface area contributed by atoms with Gasteiger partial charge in [-0.1, -0.05) is 11.6 Å². The largest absolute Gasteiger partial charge is 0.487 e. The van der Waals surface area contributed by atoms with Crippen molar-refractivity contribution < 1.29 is 14.5 Å². The molecule has 0 fully saturated rings. The van der Waals surface area contributed by atoms with Crippen LogP contribution in [0.3, 0.4) is 0 Å². The van der Waals surface area contributed by atoms with Gasteiger partial charge in [-0.15, -0.1) is 0 Å². The van der Waals surface area contributed by atoms with Gasteiger partial charge in [0.2, 0.25) is 0 Å². The molecule has 0 unspecified atom stereocenters. The van der Waals surface area contributed by atoms with Crippen LogP contribution in [-0.2, 0) is 6.61 Å². The van der Waals surface area contributed by atoms with Gasteiger partial charge in [0, 0.05) is 11.1 Å². The molecule has 0 amide bonds. The van der Waals surface area contributed by atoms with E-state index >= 15 is 0 Å². The zero-order chi connectivity index (χ0) is 14.5. The van der Waals surface area contributed by atoms with Gasteiger partial charge in [-0.05, 0) is 24.3 Å². The molecule has 1 heterocycles. The summed E-state index contributed by atoms with van der Waals surface area (Å²) in [6, 6.07) is 7.31. The Kier molecular flexibility index (Phi) is 4.27. The first-order valence-electron chi connectivity index (χ1n) is 5.57. The normalized spacial score (nSPS) is 10.1. The third-order valence-corrected chi connectivity index (χ3v) is 2.75. The van der Waals surface area contributed by atoms with E-state index in [-0.39, 0.29) is 18.0 Å². The Labute approximate surface area is 119 Å². The second-order valence-electron chi connectivity index (χ2n) is 3.86. The number of aromatic nitrogens is 1. The topological polar surface area (TPSA) is 82.3 Å². The van der Waals surface area contributed by atoms with Gasteiger partial charge in [0.25, 0.3) is 5.69 Å². The van der Waals surface area contributed by atoms with Gasteiger partial charge in [0.1, 0.15) is 18.1 Å². The lowest BCUT2D eigenvalue weighted by molar-refractivity contribution is -0.385. The predicted octanol–water partition coefficient (Wildman–Crippen LogP) is 3.03. The van der Waals surface area contributed by atoms with Crippen LogP contribution in [0.2, 0.25) is 5.02 Å². The van der Waals surface area contributed by atoms with Gasteiger partial charge in [0.05, 0.1) is 16.7 Å².